The number of hydrogen-bond donors (Lipinski definition) is 0. The minimum atomic E-state index is -6.00. The minimum Gasteiger partial charge on any atom is -0.418 e. The molecular formula is C35H62BF4P2Rh+. The first-order chi connectivity index (χ1) is 20.4. The normalized spacial score (nSPS) is 27.0. The number of fused-ring (bicyclic) bond motifs is 2. The van der Waals surface area contributed by atoms with Crippen LogP contribution in [-0.4, -0.2) is 42.2 Å². The van der Waals surface area contributed by atoms with Crippen molar-refractivity contribution >= 4 is 23.1 Å². The van der Waals surface area contributed by atoms with Crippen molar-refractivity contribution < 1.29 is 36.7 Å². The fraction of sp³-hybridized carbons (Fsp3) is 0.886. The first kappa shape index (κ1) is 38.2. The number of rotatable bonds is 9. The fourth-order valence-electron chi connectivity index (χ4n) is 9.36. The van der Waals surface area contributed by atoms with Crippen molar-refractivity contribution in [2.24, 2.45) is 11.8 Å². The van der Waals surface area contributed by atoms with Gasteiger partial charge in [-0.25, -0.2) is 0 Å². The van der Waals surface area contributed by atoms with Crippen LogP contribution in [0.5, 0.6) is 0 Å². The van der Waals surface area contributed by atoms with E-state index in [0.717, 1.165) is 11.8 Å². The summed E-state index contributed by atoms with van der Waals surface area (Å²) in [6, 6.07) is 0. The molecule has 6 rings (SSSR count). The van der Waals surface area contributed by atoms with Crippen LogP contribution < -0.4 is 0 Å². The molecule has 0 nitrogen and oxygen atoms in total. The molecule has 0 spiro atoms. The third-order valence-electron chi connectivity index (χ3n) is 11.5. The molecule has 0 saturated heterocycles. The summed E-state index contributed by atoms with van der Waals surface area (Å²) in [5, 5.41) is 0. The maximum absolute atomic E-state index is 9.75. The first-order valence-corrected chi connectivity index (χ1v) is 22.0. The summed E-state index contributed by atoms with van der Waals surface area (Å²) in [5.74, 6) is 1.62. The summed E-state index contributed by atoms with van der Waals surface area (Å²) in [6.45, 7) is 0. The monoisotopic (exact) mass is 734 g/mol. The summed E-state index contributed by atoms with van der Waals surface area (Å²) in [4.78, 5) is 0. The van der Waals surface area contributed by atoms with Gasteiger partial charge in [-0.15, -0.1) is 0 Å². The van der Waals surface area contributed by atoms with Gasteiger partial charge in [-0.3, -0.25) is 0 Å². The van der Waals surface area contributed by atoms with Gasteiger partial charge in [0.2, 0.25) is 0 Å². The summed E-state index contributed by atoms with van der Waals surface area (Å²) in [6.07, 6.45) is 49.0. The van der Waals surface area contributed by atoms with E-state index in [0.29, 0.717) is 0 Å². The molecule has 0 aromatic heterocycles. The van der Waals surface area contributed by atoms with Crippen LogP contribution in [0.1, 0.15) is 148 Å². The van der Waals surface area contributed by atoms with Gasteiger partial charge >= 0.3 is 7.25 Å². The van der Waals surface area contributed by atoms with Crippen molar-refractivity contribution in [1.82, 2.24) is 0 Å². The van der Waals surface area contributed by atoms with Gasteiger partial charge in [0, 0.05) is 35.3 Å². The Labute approximate surface area is 277 Å². The second kappa shape index (κ2) is 20.9. The van der Waals surface area contributed by atoms with E-state index in [9.17, 15) is 17.3 Å². The van der Waals surface area contributed by atoms with Gasteiger partial charge in [0.05, 0.1) is 35.0 Å². The van der Waals surface area contributed by atoms with Crippen LogP contribution in [0.4, 0.5) is 17.3 Å². The zero-order valence-electron chi connectivity index (χ0n) is 26.9. The Hall–Kier alpha value is 0.748. The van der Waals surface area contributed by atoms with E-state index < -0.39 is 7.25 Å². The van der Waals surface area contributed by atoms with Crippen molar-refractivity contribution in [3.05, 3.63) is 24.3 Å². The molecule has 4 fully saturated rings. The summed E-state index contributed by atoms with van der Waals surface area (Å²) >= 11 is 0. The molecule has 0 N–H and O–H groups in total. The van der Waals surface area contributed by atoms with Crippen LogP contribution in [0.2, 0.25) is 0 Å². The van der Waals surface area contributed by atoms with Gasteiger partial charge in [-0.05, 0) is 134 Å². The zero-order chi connectivity index (χ0) is 29.6. The van der Waals surface area contributed by atoms with E-state index in [4.69, 9.17) is 0 Å². The van der Waals surface area contributed by atoms with Crippen LogP contribution in [0.15, 0.2) is 24.3 Å². The molecule has 0 aromatic carbocycles. The molecule has 2 bridgehead atoms. The van der Waals surface area contributed by atoms with E-state index in [2.05, 4.69) is 24.3 Å². The number of unbranched alkanes of at least 4 members (excludes halogenated alkanes) is 1. The van der Waals surface area contributed by atoms with Gasteiger partial charge in [0.15, 0.2) is 0 Å². The molecule has 8 heteroatoms. The Morgan fingerprint density at radius 1 is 0.442 bits per heavy atom. The SMILES string of the molecule is C1=CC2C=CC1C2.C1CCC([PH+](CCCC[PH+](C2CCCCC2)C2CCCCC2)C2CCCCC2)CC1.F[B-](F)(F)F.[Rh]. The topological polar surface area (TPSA) is 0 Å². The molecule has 43 heavy (non-hydrogen) atoms. The quantitative estimate of drug-likeness (QED) is 0.0728. The Balaban J connectivity index is 0.000000322. The Morgan fingerprint density at radius 3 is 0.860 bits per heavy atom. The van der Waals surface area contributed by atoms with Gasteiger partial charge in [0.1, 0.15) is 0 Å². The van der Waals surface area contributed by atoms with Crippen LogP contribution in [0.25, 0.3) is 0 Å². The van der Waals surface area contributed by atoms with Crippen molar-refractivity contribution in [1.29, 1.82) is 0 Å². The van der Waals surface area contributed by atoms with Crippen molar-refractivity contribution in [3.63, 3.8) is 0 Å². The molecule has 0 amide bonds. The summed E-state index contributed by atoms with van der Waals surface area (Å²) < 4.78 is 39.0. The van der Waals surface area contributed by atoms with E-state index in [1.54, 1.807) is 154 Å². The maximum atomic E-state index is 9.75. The van der Waals surface area contributed by atoms with E-state index in [1.807, 2.05) is 0 Å². The second-order valence-electron chi connectivity index (χ2n) is 14.5. The molecule has 0 aliphatic heterocycles. The Morgan fingerprint density at radius 2 is 0.674 bits per heavy atom. The molecule has 6 aliphatic rings. The largest absolute Gasteiger partial charge is 0.673 e. The van der Waals surface area contributed by atoms with Gasteiger partial charge in [-0.2, -0.15) is 0 Å². The average Bonchev–Trinajstić information content (AvgIpc) is 3.67. The van der Waals surface area contributed by atoms with Crippen molar-refractivity contribution in [2.45, 2.75) is 170 Å². The molecule has 0 heterocycles. The average molecular weight is 735 g/mol. The fourth-order valence-corrected chi connectivity index (χ4v) is 18.2. The molecule has 0 unspecified atom stereocenters. The van der Waals surface area contributed by atoms with Gasteiger partial charge in [-0.1, -0.05) is 50.0 Å². The maximum Gasteiger partial charge on any atom is 0.673 e. The van der Waals surface area contributed by atoms with E-state index in [-0.39, 0.29) is 35.3 Å². The molecule has 251 valence electrons. The van der Waals surface area contributed by atoms with Crippen molar-refractivity contribution in [3.8, 4) is 0 Å². The van der Waals surface area contributed by atoms with E-state index >= 15 is 0 Å². The Kier molecular flexibility index (Phi) is 18.5. The molecule has 0 atom stereocenters. The smallest absolute Gasteiger partial charge is 0.418 e. The van der Waals surface area contributed by atoms with Crippen LogP contribution in [0, 0.1) is 11.8 Å². The zero-order valence-corrected chi connectivity index (χ0v) is 30.5. The van der Waals surface area contributed by atoms with E-state index in [1.165, 1.54) is 29.1 Å². The number of allylic oxidation sites excluding steroid dienone is 4. The third-order valence-corrected chi connectivity index (χ3v) is 19.8. The minimum absolute atomic E-state index is 0. The number of halogens is 4. The number of hydrogen-bond acceptors (Lipinski definition) is 0. The standard InChI is InChI=1S/C28H52P2.C7H8.BF4.Rh/c1-5-15-25(16-6-1)29(26-17-7-2-8-18-26)23-13-14-24-30(27-19-9-3-10-20-27)28-21-11-4-12-22-28;1-2-7-4-3-6(1)5-7;2-1(3,4)5;/h25-28H,1-24H2;1-4,6-7H,5H2;;/q;;-1;/p+2. The summed E-state index contributed by atoms with van der Waals surface area (Å²) in [5.41, 5.74) is 4.86. The molecular weight excluding hydrogens is 672 g/mol. The molecule has 4 saturated carbocycles. The van der Waals surface area contributed by atoms with Crippen LogP contribution in [0.3, 0.4) is 0 Å². The Bertz CT molecular complexity index is 673. The summed E-state index contributed by atoms with van der Waals surface area (Å²) in [7, 11) is -6.16. The van der Waals surface area contributed by atoms with Gasteiger partial charge in [0.25, 0.3) is 0 Å². The second-order valence-corrected chi connectivity index (χ2v) is 21.1. The van der Waals surface area contributed by atoms with Crippen LogP contribution in [-0.2, 0) is 19.5 Å². The third kappa shape index (κ3) is 14.6. The molecule has 1 radical (unpaired) electrons. The molecule has 6 aliphatic carbocycles. The van der Waals surface area contributed by atoms with Gasteiger partial charge < -0.3 is 17.3 Å². The predicted octanol–water partition coefficient (Wildman–Crippen LogP) is 12.6. The van der Waals surface area contributed by atoms with Crippen LogP contribution >= 0.6 is 15.8 Å². The predicted molar refractivity (Wildman–Crippen MR) is 183 cm³/mol. The first-order valence-electron chi connectivity index (χ1n) is 18.3. The van der Waals surface area contributed by atoms with Crippen molar-refractivity contribution in [2.75, 3.05) is 12.3 Å². The molecule has 0 aromatic rings.